The highest BCUT2D eigenvalue weighted by atomic mass is 16.6. The molecule has 0 aliphatic rings. The van der Waals surface area contributed by atoms with Crippen LogP contribution in [0.25, 0.3) is 28.7 Å². The molecule has 0 aliphatic heterocycles. The zero-order chi connectivity index (χ0) is 19.5. The lowest BCUT2D eigenvalue weighted by Gasteiger charge is -2.05. The number of pyridine rings is 1. The van der Waals surface area contributed by atoms with E-state index in [4.69, 9.17) is 0 Å². The van der Waals surface area contributed by atoms with Gasteiger partial charge in [-0.1, -0.05) is 42.5 Å². The summed E-state index contributed by atoms with van der Waals surface area (Å²) in [5, 5.41) is 22.3. The van der Waals surface area contributed by atoms with E-state index in [0.717, 1.165) is 22.3 Å². The molecule has 0 radical (unpaired) electrons. The van der Waals surface area contributed by atoms with Gasteiger partial charge in [0, 0.05) is 47.4 Å². The van der Waals surface area contributed by atoms with Gasteiger partial charge in [0.1, 0.15) is 0 Å². The van der Waals surface area contributed by atoms with Gasteiger partial charge in [0.15, 0.2) is 0 Å². The Bertz CT molecular complexity index is 1200. The SMILES string of the molecule is O=[N+]([O-])c1cccc(C=Cc2ccc3ccccc3[n+]2-c2ccccc2)c1O. The number of phenolic OH excluding ortho intramolecular Hbond substituents is 1. The minimum absolute atomic E-state index is 0.309. The topological polar surface area (TPSA) is 67.2 Å². The summed E-state index contributed by atoms with van der Waals surface area (Å²) in [4.78, 5) is 10.5. The molecule has 0 saturated carbocycles. The van der Waals surface area contributed by atoms with Gasteiger partial charge in [0.25, 0.3) is 0 Å². The Hall–Kier alpha value is -3.99. The standard InChI is InChI=1S/C23H16N2O3/c26-23-18(8-6-12-22(23)25(27)28)14-16-20-15-13-17-7-4-5-11-21(17)24(20)19-9-2-1-3-10-19/h1-16H/p+1. The maximum Gasteiger partial charge on any atom is 0.311 e. The van der Waals surface area contributed by atoms with E-state index in [1.165, 1.54) is 6.07 Å². The first kappa shape index (κ1) is 17.4. The smallest absolute Gasteiger partial charge is 0.311 e. The fourth-order valence-electron chi connectivity index (χ4n) is 3.22. The van der Waals surface area contributed by atoms with Gasteiger partial charge < -0.3 is 5.11 Å². The van der Waals surface area contributed by atoms with Crippen LogP contribution in [-0.2, 0) is 0 Å². The number of aromatic hydroxyl groups is 1. The summed E-state index contributed by atoms with van der Waals surface area (Å²) in [5.74, 6) is -0.337. The zero-order valence-electron chi connectivity index (χ0n) is 14.9. The van der Waals surface area contributed by atoms with Crippen LogP contribution in [0.5, 0.6) is 5.75 Å². The molecule has 0 spiro atoms. The number of nitro benzene ring substituents is 1. The van der Waals surface area contributed by atoms with Crippen LogP contribution in [0.15, 0.2) is 84.9 Å². The predicted octanol–water partition coefficient (Wildman–Crippen LogP) is 4.90. The second-order valence-electron chi connectivity index (χ2n) is 6.29. The molecule has 0 atom stereocenters. The Balaban J connectivity index is 1.87. The van der Waals surface area contributed by atoms with Crippen molar-refractivity contribution in [3.63, 3.8) is 0 Å². The first-order valence-electron chi connectivity index (χ1n) is 8.79. The summed E-state index contributed by atoms with van der Waals surface area (Å²) in [7, 11) is 0. The highest BCUT2D eigenvalue weighted by Gasteiger charge is 2.18. The molecule has 3 aromatic carbocycles. The molecule has 0 amide bonds. The summed E-state index contributed by atoms with van der Waals surface area (Å²) >= 11 is 0. The highest BCUT2D eigenvalue weighted by Crippen LogP contribution is 2.30. The zero-order valence-corrected chi connectivity index (χ0v) is 14.9. The van der Waals surface area contributed by atoms with E-state index in [2.05, 4.69) is 10.6 Å². The minimum atomic E-state index is -0.590. The molecular formula is C23H17N2O3+. The Labute approximate surface area is 161 Å². The van der Waals surface area contributed by atoms with Crippen LogP contribution in [0.4, 0.5) is 5.69 Å². The molecular weight excluding hydrogens is 352 g/mol. The number of para-hydroxylation sites is 3. The van der Waals surface area contributed by atoms with Crippen LogP contribution in [-0.4, -0.2) is 10.0 Å². The minimum Gasteiger partial charge on any atom is -0.502 e. The lowest BCUT2D eigenvalue weighted by molar-refractivity contribution is -0.569. The molecule has 5 heteroatoms. The Kier molecular flexibility index (Phi) is 4.56. The molecule has 0 fully saturated rings. The quantitative estimate of drug-likeness (QED) is 0.316. The summed E-state index contributed by atoms with van der Waals surface area (Å²) in [6.07, 6.45) is 3.53. The summed E-state index contributed by atoms with van der Waals surface area (Å²) in [6, 6.07) is 26.5. The second kappa shape index (κ2) is 7.32. The van der Waals surface area contributed by atoms with Crippen molar-refractivity contribution in [1.29, 1.82) is 0 Å². The molecule has 4 rings (SSSR count). The molecule has 136 valence electrons. The molecule has 28 heavy (non-hydrogen) atoms. The third-order valence-corrected chi connectivity index (χ3v) is 4.56. The van der Waals surface area contributed by atoms with E-state index in [1.54, 1.807) is 18.2 Å². The number of fused-ring (bicyclic) bond motifs is 1. The molecule has 0 bridgehead atoms. The Morgan fingerprint density at radius 2 is 1.57 bits per heavy atom. The van der Waals surface area contributed by atoms with Crippen molar-refractivity contribution >= 4 is 28.7 Å². The number of hydrogen-bond acceptors (Lipinski definition) is 3. The number of nitro groups is 1. The number of hydrogen-bond donors (Lipinski definition) is 1. The fourth-order valence-corrected chi connectivity index (χ4v) is 3.22. The Morgan fingerprint density at radius 3 is 2.36 bits per heavy atom. The van der Waals surface area contributed by atoms with Crippen LogP contribution in [0, 0.1) is 10.1 Å². The molecule has 0 aliphatic carbocycles. The van der Waals surface area contributed by atoms with E-state index in [0.29, 0.717) is 5.56 Å². The molecule has 1 aromatic heterocycles. The monoisotopic (exact) mass is 369 g/mol. The van der Waals surface area contributed by atoms with Crippen molar-refractivity contribution in [1.82, 2.24) is 0 Å². The van der Waals surface area contributed by atoms with Gasteiger partial charge >= 0.3 is 5.69 Å². The van der Waals surface area contributed by atoms with Gasteiger partial charge in [-0.25, -0.2) is 0 Å². The maximum atomic E-state index is 11.1. The largest absolute Gasteiger partial charge is 0.502 e. The van der Waals surface area contributed by atoms with Crippen LogP contribution < -0.4 is 4.57 Å². The maximum absolute atomic E-state index is 11.1. The van der Waals surface area contributed by atoms with Crippen LogP contribution in [0.2, 0.25) is 0 Å². The van der Waals surface area contributed by atoms with Gasteiger partial charge in [0.2, 0.25) is 22.6 Å². The lowest BCUT2D eigenvalue weighted by atomic mass is 10.1. The molecule has 0 unspecified atom stereocenters. The van der Waals surface area contributed by atoms with Crippen molar-refractivity contribution in [2.45, 2.75) is 0 Å². The van der Waals surface area contributed by atoms with E-state index in [9.17, 15) is 15.2 Å². The molecule has 4 aromatic rings. The van der Waals surface area contributed by atoms with E-state index in [1.807, 2.05) is 66.7 Å². The van der Waals surface area contributed by atoms with Gasteiger partial charge in [-0.2, -0.15) is 4.57 Å². The van der Waals surface area contributed by atoms with Crippen LogP contribution >= 0.6 is 0 Å². The number of benzene rings is 3. The van der Waals surface area contributed by atoms with Gasteiger partial charge in [-0.3, -0.25) is 10.1 Å². The number of phenols is 1. The average molecular weight is 369 g/mol. The van der Waals surface area contributed by atoms with Crippen molar-refractivity contribution in [2.75, 3.05) is 0 Å². The van der Waals surface area contributed by atoms with E-state index >= 15 is 0 Å². The molecule has 1 N–H and O–H groups in total. The summed E-state index contributed by atoms with van der Waals surface area (Å²) in [6.45, 7) is 0. The Morgan fingerprint density at radius 1 is 0.821 bits per heavy atom. The van der Waals surface area contributed by atoms with Crippen molar-refractivity contribution < 1.29 is 14.6 Å². The molecule has 5 nitrogen and oxygen atoms in total. The van der Waals surface area contributed by atoms with E-state index < -0.39 is 4.92 Å². The first-order valence-corrected chi connectivity index (χ1v) is 8.79. The summed E-state index contributed by atoms with van der Waals surface area (Å²) < 4.78 is 2.11. The van der Waals surface area contributed by atoms with Crippen molar-refractivity contribution in [2.24, 2.45) is 0 Å². The first-order chi connectivity index (χ1) is 13.6. The second-order valence-corrected chi connectivity index (χ2v) is 6.29. The van der Waals surface area contributed by atoms with Crippen molar-refractivity contribution in [3.8, 4) is 11.4 Å². The average Bonchev–Trinajstić information content (AvgIpc) is 2.73. The fraction of sp³-hybridized carbons (Fsp3) is 0. The predicted molar refractivity (Wildman–Crippen MR) is 109 cm³/mol. The van der Waals surface area contributed by atoms with E-state index in [-0.39, 0.29) is 11.4 Å². The van der Waals surface area contributed by atoms with Crippen molar-refractivity contribution in [3.05, 3.63) is 106 Å². The molecule has 0 saturated heterocycles. The van der Waals surface area contributed by atoms with Gasteiger partial charge in [-0.15, -0.1) is 0 Å². The highest BCUT2D eigenvalue weighted by molar-refractivity contribution is 5.79. The third-order valence-electron chi connectivity index (χ3n) is 4.56. The van der Waals surface area contributed by atoms with Crippen LogP contribution in [0.3, 0.4) is 0 Å². The third kappa shape index (κ3) is 3.21. The lowest BCUT2D eigenvalue weighted by Crippen LogP contribution is -2.34. The van der Waals surface area contributed by atoms with Gasteiger partial charge in [-0.05, 0) is 18.2 Å². The number of rotatable bonds is 4. The van der Waals surface area contributed by atoms with Crippen LogP contribution in [0.1, 0.15) is 11.3 Å². The number of nitrogens with zero attached hydrogens (tertiary/aromatic N) is 2. The normalized spacial score (nSPS) is 11.1. The van der Waals surface area contributed by atoms with Gasteiger partial charge in [0.05, 0.1) is 4.92 Å². The molecule has 1 heterocycles. The summed E-state index contributed by atoms with van der Waals surface area (Å²) in [5.41, 5.74) is 3.01. The number of aromatic nitrogens is 1.